The van der Waals surface area contributed by atoms with Gasteiger partial charge in [-0.05, 0) is 30.5 Å². The van der Waals surface area contributed by atoms with E-state index in [2.05, 4.69) is 0 Å². The molecule has 0 radical (unpaired) electrons. The summed E-state index contributed by atoms with van der Waals surface area (Å²) in [5.41, 5.74) is -1.27. The summed E-state index contributed by atoms with van der Waals surface area (Å²) in [6, 6.07) is 21.0. The van der Waals surface area contributed by atoms with Gasteiger partial charge in [0.2, 0.25) is 23.1 Å². The zero-order valence-electron chi connectivity index (χ0n) is 17.3. The topological polar surface area (TPSA) is 74.7 Å². The molecule has 0 spiro atoms. The molecule has 3 aromatic rings. The summed E-state index contributed by atoms with van der Waals surface area (Å²) in [5.74, 6) is -1.91. The molecule has 1 atom stereocenters. The second-order valence-corrected chi connectivity index (χ2v) is 8.37. The van der Waals surface area contributed by atoms with Crippen molar-refractivity contribution in [2.45, 2.75) is 24.4 Å². The fourth-order valence-corrected chi connectivity index (χ4v) is 5.11. The molecule has 1 heterocycles. The van der Waals surface area contributed by atoms with Crippen LogP contribution in [0.3, 0.4) is 0 Å². The molecule has 1 aliphatic heterocycles. The predicted molar refractivity (Wildman–Crippen MR) is 116 cm³/mol. The average Bonchev–Trinajstić information content (AvgIpc) is 3.12. The maximum Gasteiger partial charge on any atom is 0.241 e. The van der Waals surface area contributed by atoms with E-state index in [1.165, 1.54) is 17.0 Å². The number of fused-ring (bicyclic) bond motifs is 2. The lowest BCUT2D eigenvalue weighted by Gasteiger charge is -2.39. The Kier molecular flexibility index (Phi) is 4.04. The van der Waals surface area contributed by atoms with Crippen LogP contribution in [-0.2, 0) is 16.6 Å². The predicted octanol–water partition coefficient (Wildman–Crippen LogP) is 3.26. The molecule has 0 saturated carbocycles. The Morgan fingerprint density at radius 2 is 1.42 bits per heavy atom. The van der Waals surface area contributed by atoms with Crippen molar-refractivity contribution in [1.82, 2.24) is 0 Å². The molecular weight excluding hydrogens is 390 g/mol. The third-order valence-corrected chi connectivity index (χ3v) is 6.65. The number of likely N-dealkylation sites (N-methyl/N-ethyl adjacent to an activating group) is 1. The minimum Gasteiger partial charge on any atom is -0.373 e. The Morgan fingerprint density at radius 3 is 2.03 bits per heavy atom. The third kappa shape index (κ3) is 2.32. The van der Waals surface area contributed by atoms with Crippen LogP contribution < -0.4 is 4.90 Å². The second-order valence-electron chi connectivity index (χ2n) is 8.37. The molecule has 0 saturated heterocycles. The molecule has 5 nitrogen and oxygen atoms in total. The smallest absolute Gasteiger partial charge is 0.241 e. The van der Waals surface area contributed by atoms with Gasteiger partial charge < -0.3 is 10.0 Å². The number of nitrogens with zero attached hydrogens (tertiary/aromatic N) is 1. The van der Waals surface area contributed by atoms with Crippen LogP contribution in [0.4, 0.5) is 5.69 Å². The molecule has 1 aliphatic carbocycles. The van der Waals surface area contributed by atoms with E-state index in [-0.39, 0.29) is 17.5 Å². The highest BCUT2D eigenvalue weighted by Crippen LogP contribution is 2.53. The van der Waals surface area contributed by atoms with Gasteiger partial charge in [-0.15, -0.1) is 0 Å². The molecule has 1 N–H and O–H groups in total. The van der Waals surface area contributed by atoms with Gasteiger partial charge in [0.25, 0.3) is 0 Å². The Balaban J connectivity index is 1.84. The number of carbonyl (C=O) groups excluding carboxylic acids is 3. The summed E-state index contributed by atoms with van der Waals surface area (Å²) in [4.78, 5) is 42.6. The number of amides is 1. The number of aliphatic hydroxyl groups is 1. The molecule has 5 heteroatoms. The fourth-order valence-electron chi connectivity index (χ4n) is 5.11. The minimum absolute atomic E-state index is 0.0232. The minimum atomic E-state index is -2.53. The maximum absolute atomic E-state index is 13.9. The zero-order valence-corrected chi connectivity index (χ0v) is 17.3. The first kappa shape index (κ1) is 19.4. The number of rotatable bonds is 3. The Hall–Kier alpha value is -3.57. The highest BCUT2D eigenvalue weighted by molar-refractivity contribution is 6.36. The van der Waals surface area contributed by atoms with Crippen molar-refractivity contribution in [3.05, 3.63) is 101 Å². The average molecular weight is 411 g/mol. The van der Waals surface area contributed by atoms with Crippen LogP contribution >= 0.6 is 0 Å². The molecule has 0 bridgehead atoms. The number of benzene rings is 3. The number of anilines is 1. The molecule has 154 valence electrons. The van der Waals surface area contributed by atoms with E-state index in [9.17, 15) is 19.5 Å². The number of hydrogen-bond acceptors (Lipinski definition) is 4. The summed E-state index contributed by atoms with van der Waals surface area (Å²) >= 11 is 0. The Morgan fingerprint density at radius 1 is 0.839 bits per heavy atom. The van der Waals surface area contributed by atoms with Crippen LogP contribution in [0.5, 0.6) is 0 Å². The summed E-state index contributed by atoms with van der Waals surface area (Å²) in [7, 11) is 1.61. The summed E-state index contributed by atoms with van der Waals surface area (Å²) in [6.07, 6.45) is 0.0232. The van der Waals surface area contributed by atoms with Gasteiger partial charge in [-0.2, -0.15) is 0 Å². The van der Waals surface area contributed by atoms with Crippen molar-refractivity contribution in [2.75, 3.05) is 11.9 Å². The van der Waals surface area contributed by atoms with E-state index < -0.39 is 28.5 Å². The van der Waals surface area contributed by atoms with Crippen LogP contribution in [0.2, 0.25) is 0 Å². The van der Waals surface area contributed by atoms with E-state index in [1.807, 2.05) is 43.3 Å². The maximum atomic E-state index is 13.9. The van der Waals surface area contributed by atoms with Gasteiger partial charge in [-0.25, -0.2) is 0 Å². The van der Waals surface area contributed by atoms with Crippen molar-refractivity contribution in [2.24, 2.45) is 0 Å². The van der Waals surface area contributed by atoms with Crippen LogP contribution in [0, 0.1) is 6.92 Å². The molecule has 0 aromatic heterocycles. The number of Topliss-reactive ketones (excluding diaryl/α,β-unsaturated/α-hetero) is 2. The van der Waals surface area contributed by atoms with E-state index in [4.69, 9.17) is 0 Å². The fraction of sp³-hybridized carbons (Fsp3) is 0.192. The van der Waals surface area contributed by atoms with Gasteiger partial charge in [-0.1, -0.05) is 72.3 Å². The molecule has 1 unspecified atom stereocenters. The number of hydrogen-bond donors (Lipinski definition) is 1. The Bertz CT molecular complexity index is 1230. The molecule has 5 rings (SSSR count). The highest BCUT2D eigenvalue weighted by atomic mass is 16.3. The van der Waals surface area contributed by atoms with E-state index in [0.717, 1.165) is 11.1 Å². The zero-order chi connectivity index (χ0) is 22.0. The van der Waals surface area contributed by atoms with Crippen molar-refractivity contribution >= 4 is 23.2 Å². The largest absolute Gasteiger partial charge is 0.373 e. The molecule has 1 amide bonds. The van der Waals surface area contributed by atoms with Crippen molar-refractivity contribution in [1.29, 1.82) is 0 Å². The molecule has 3 aromatic carbocycles. The van der Waals surface area contributed by atoms with Crippen LogP contribution in [-0.4, -0.2) is 35.2 Å². The third-order valence-electron chi connectivity index (χ3n) is 6.65. The second kappa shape index (κ2) is 6.46. The lowest BCUT2D eigenvalue weighted by atomic mass is 9.62. The molecule has 0 fully saturated rings. The van der Waals surface area contributed by atoms with E-state index in [1.54, 1.807) is 31.3 Å². The first-order valence-electron chi connectivity index (χ1n) is 10.2. The quantitative estimate of drug-likeness (QED) is 0.672. The van der Waals surface area contributed by atoms with Crippen LogP contribution in [0.1, 0.15) is 37.4 Å². The van der Waals surface area contributed by atoms with Gasteiger partial charge in [0.15, 0.2) is 0 Å². The van der Waals surface area contributed by atoms with Crippen molar-refractivity contribution in [3.63, 3.8) is 0 Å². The standard InChI is InChI=1S/C26H21NO4/c1-16-12-13-21-20(14-16)25(24(30)27(21)2,15-17-8-4-3-5-9-17)26(31)22(28)18-10-6-7-11-19(18)23(26)29/h3-14,31H,15H2,1-2H3. The van der Waals surface area contributed by atoms with Crippen molar-refractivity contribution in [3.8, 4) is 0 Å². The van der Waals surface area contributed by atoms with Gasteiger partial charge in [0.1, 0.15) is 5.41 Å². The van der Waals surface area contributed by atoms with Crippen LogP contribution in [0.15, 0.2) is 72.8 Å². The monoisotopic (exact) mass is 411 g/mol. The first-order valence-corrected chi connectivity index (χ1v) is 10.2. The highest BCUT2D eigenvalue weighted by Gasteiger charge is 2.71. The van der Waals surface area contributed by atoms with Crippen molar-refractivity contribution < 1.29 is 19.5 Å². The van der Waals surface area contributed by atoms with Crippen LogP contribution in [0.25, 0.3) is 0 Å². The lowest BCUT2D eigenvalue weighted by Crippen LogP contribution is -2.64. The van der Waals surface area contributed by atoms with E-state index in [0.29, 0.717) is 11.3 Å². The first-order chi connectivity index (χ1) is 14.8. The number of aryl methyl sites for hydroxylation is 1. The Labute approximate surface area is 179 Å². The van der Waals surface area contributed by atoms with E-state index >= 15 is 0 Å². The van der Waals surface area contributed by atoms with Gasteiger partial charge in [0, 0.05) is 23.9 Å². The van der Waals surface area contributed by atoms with Gasteiger partial charge in [-0.3, -0.25) is 14.4 Å². The molecular formula is C26H21NO4. The number of ketones is 2. The number of carbonyl (C=O) groups is 3. The summed E-state index contributed by atoms with van der Waals surface area (Å²) in [5, 5.41) is 12.0. The van der Waals surface area contributed by atoms with Gasteiger partial charge in [0.05, 0.1) is 0 Å². The normalized spacial score (nSPS) is 21.4. The lowest BCUT2D eigenvalue weighted by molar-refractivity contribution is -0.128. The summed E-state index contributed by atoms with van der Waals surface area (Å²) < 4.78 is 0. The molecule has 2 aliphatic rings. The molecule has 31 heavy (non-hydrogen) atoms. The van der Waals surface area contributed by atoms with Gasteiger partial charge >= 0.3 is 0 Å². The summed E-state index contributed by atoms with van der Waals surface area (Å²) in [6.45, 7) is 1.88. The SMILES string of the molecule is Cc1ccc2c(c1)C(Cc1ccccc1)(C1(O)C(=O)c3ccccc3C1=O)C(=O)N2C.